The molecule has 1 nitrogen and oxygen atoms in total. The zero-order chi connectivity index (χ0) is 14.8. The summed E-state index contributed by atoms with van der Waals surface area (Å²) in [5.74, 6) is 0.351. The van der Waals surface area contributed by atoms with Crippen LogP contribution in [0.2, 0.25) is 0 Å². The maximum atomic E-state index is 13.4. The molecule has 2 rings (SSSR count). The molecular formula is C17H31F2N. The predicted octanol–water partition coefficient (Wildman–Crippen LogP) is 4.86. The third-order valence-electron chi connectivity index (χ3n) is 5.86. The summed E-state index contributed by atoms with van der Waals surface area (Å²) in [6.45, 7) is 7.80. The van der Waals surface area contributed by atoms with Crippen LogP contribution < -0.4 is 5.32 Å². The number of hydrogen-bond donors (Lipinski definition) is 1. The van der Waals surface area contributed by atoms with E-state index in [1.54, 1.807) is 0 Å². The summed E-state index contributed by atoms with van der Waals surface area (Å²) in [7, 11) is 0. The first kappa shape index (κ1) is 16.2. The molecule has 0 aromatic rings. The van der Waals surface area contributed by atoms with E-state index >= 15 is 0 Å². The molecule has 1 N–H and O–H groups in total. The molecule has 0 saturated heterocycles. The van der Waals surface area contributed by atoms with Crippen LogP contribution in [0.5, 0.6) is 0 Å². The Morgan fingerprint density at radius 1 is 1.00 bits per heavy atom. The molecule has 2 fully saturated rings. The average Bonchev–Trinajstić information content (AvgIpc) is 2.40. The topological polar surface area (TPSA) is 12.0 Å². The third kappa shape index (κ3) is 3.93. The standard InChI is InChI=1S/C17H31F2N/c1-4-20-16(14-7-9-17(18,19)10-8-14)15-6-5-12(2)13(3)11-15/h12-16,20H,4-11H2,1-3H3. The van der Waals surface area contributed by atoms with Gasteiger partial charge >= 0.3 is 0 Å². The van der Waals surface area contributed by atoms with Gasteiger partial charge in [-0.1, -0.05) is 27.2 Å². The summed E-state index contributed by atoms with van der Waals surface area (Å²) >= 11 is 0. The quantitative estimate of drug-likeness (QED) is 0.778. The highest BCUT2D eigenvalue weighted by Gasteiger charge is 2.40. The van der Waals surface area contributed by atoms with Crippen LogP contribution in [0.3, 0.4) is 0 Å². The van der Waals surface area contributed by atoms with Crippen molar-refractivity contribution in [3.8, 4) is 0 Å². The monoisotopic (exact) mass is 287 g/mol. The number of alkyl halides is 2. The van der Waals surface area contributed by atoms with Crippen molar-refractivity contribution < 1.29 is 8.78 Å². The van der Waals surface area contributed by atoms with Gasteiger partial charge in [0, 0.05) is 18.9 Å². The molecule has 0 amide bonds. The van der Waals surface area contributed by atoms with Gasteiger partial charge in [0.15, 0.2) is 0 Å². The molecule has 0 spiro atoms. The third-order valence-corrected chi connectivity index (χ3v) is 5.86. The smallest absolute Gasteiger partial charge is 0.248 e. The Labute approximate surface area is 122 Å². The lowest BCUT2D eigenvalue weighted by Gasteiger charge is -2.42. The van der Waals surface area contributed by atoms with E-state index < -0.39 is 5.92 Å². The molecule has 20 heavy (non-hydrogen) atoms. The molecule has 0 bridgehead atoms. The van der Waals surface area contributed by atoms with Crippen LogP contribution in [0.4, 0.5) is 8.78 Å². The highest BCUT2D eigenvalue weighted by atomic mass is 19.3. The second-order valence-electron chi connectivity index (χ2n) is 7.30. The second kappa shape index (κ2) is 6.72. The summed E-state index contributed by atoms with van der Waals surface area (Å²) in [4.78, 5) is 0. The van der Waals surface area contributed by atoms with Crippen molar-refractivity contribution in [1.29, 1.82) is 0 Å². The van der Waals surface area contributed by atoms with Crippen molar-refractivity contribution in [3.63, 3.8) is 0 Å². The first-order valence-electron chi connectivity index (χ1n) is 8.54. The number of nitrogens with one attached hydrogen (secondary N) is 1. The number of halogens is 2. The Bertz CT molecular complexity index is 295. The lowest BCUT2D eigenvalue weighted by Crippen LogP contribution is -2.46. The van der Waals surface area contributed by atoms with Crippen LogP contribution in [-0.2, 0) is 0 Å². The predicted molar refractivity (Wildman–Crippen MR) is 80.0 cm³/mol. The van der Waals surface area contributed by atoms with Gasteiger partial charge in [0.25, 0.3) is 0 Å². The molecule has 2 saturated carbocycles. The fourth-order valence-corrected chi connectivity index (χ4v) is 4.29. The van der Waals surface area contributed by atoms with Gasteiger partial charge < -0.3 is 5.32 Å². The fraction of sp³-hybridized carbons (Fsp3) is 1.00. The zero-order valence-electron chi connectivity index (χ0n) is 13.3. The summed E-state index contributed by atoms with van der Waals surface area (Å²) in [5, 5.41) is 3.64. The van der Waals surface area contributed by atoms with E-state index in [0.29, 0.717) is 30.7 Å². The molecule has 0 radical (unpaired) electrons. The van der Waals surface area contributed by atoms with Gasteiger partial charge in [-0.3, -0.25) is 0 Å². The van der Waals surface area contributed by atoms with Crippen molar-refractivity contribution in [3.05, 3.63) is 0 Å². The largest absolute Gasteiger partial charge is 0.314 e. The molecule has 3 heteroatoms. The minimum absolute atomic E-state index is 0.0955. The Morgan fingerprint density at radius 3 is 2.20 bits per heavy atom. The Kier molecular flexibility index (Phi) is 5.44. The minimum Gasteiger partial charge on any atom is -0.314 e. The Hall–Kier alpha value is -0.180. The first-order valence-corrected chi connectivity index (χ1v) is 8.54. The molecule has 4 atom stereocenters. The number of rotatable bonds is 4. The summed E-state index contributed by atoms with van der Waals surface area (Å²) in [6, 6.07) is 0.464. The molecule has 0 aromatic heterocycles. The lowest BCUT2D eigenvalue weighted by molar-refractivity contribution is -0.0536. The maximum absolute atomic E-state index is 13.4. The van der Waals surface area contributed by atoms with Gasteiger partial charge in [0.2, 0.25) is 5.92 Å². The maximum Gasteiger partial charge on any atom is 0.248 e. The van der Waals surface area contributed by atoms with Crippen molar-refractivity contribution in [2.45, 2.75) is 77.7 Å². The molecule has 2 aliphatic rings. The van der Waals surface area contributed by atoms with Gasteiger partial charge in [-0.2, -0.15) is 0 Å². The van der Waals surface area contributed by atoms with Crippen LogP contribution in [0.25, 0.3) is 0 Å². The SMILES string of the molecule is CCNC(C1CCC(F)(F)CC1)C1CCC(C)C(C)C1. The van der Waals surface area contributed by atoms with E-state index in [9.17, 15) is 8.78 Å². The van der Waals surface area contributed by atoms with Gasteiger partial charge in [0.05, 0.1) is 0 Å². The van der Waals surface area contributed by atoms with Crippen LogP contribution in [0, 0.1) is 23.7 Å². The van der Waals surface area contributed by atoms with Crippen molar-refractivity contribution in [1.82, 2.24) is 5.32 Å². The summed E-state index contributed by atoms with van der Waals surface area (Å²) in [5.41, 5.74) is 0. The molecule has 118 valence electrons. The molecule has 0 aromatic carbocycles. The van der Waals surface area contributed by atoms with Crippen molar-refractivity contribution >= 4 is 0 Å². The first-order chi connectivity index (χ1) is 9.43. The van der Waals surface area contributed by atoms with E-state index in [-0.39, 0.29) is 12.8 Å². The van der Waals surface area contributed by atoms with Crippen LogP contribution in [-0.4, -0.2) is 18.5 Å². The second-order valence-corrected chi connectivity index (χ2v) is 7.30. The van der Waals surface area contributed by atoms with Gasteiger partial charge in [0.1, 0.15) is 0 Å². The highest BCUT2D eigenvalue weighted by molar-refractivity contribution is 4.91. The highest BCUT2D eigenvalue weighted by Crippen LogP contribution is 2.42. The Balaban J connectivity index is 1.96. The Morgan fingerprint density at radius 2 is 1.65 bits per heavy atom. The van der Waals surface area contributed by atoms with E-state index in [1.807, 2.05) is 0 Å². The molecule has 0 heterocycles. The fourth-order valence-electron chi connectivity index (χ4n) is 4.29. The molecule has 2 aliphatic carbocycles. The molecule has 0 aliphatic heterocycles. The summed E-state index contributed by atoms with van der Waals surface area (Å²) < 4.78 is 26.7. The van der Waals surface area contributed by atoms with E-state index in [4.69, 9.17) is 0 Å². The van der Waals surface area contributed by atoms with Gasteiger partial charge in [-0.25, -0.2) is 8.78 Å². The van der Waals surface area contributed by atoms with E-state index in [1.165, 1.54) is 19.3 Å². The lowest BCUT2D eigenvalue weighted by atomic mass is 9.68. The van der Waals surface area contributed by atoms with Crippen LogP contribution in [0.15, 0.2) is 0 Å². The van der Waals surface area contributed by atoms with E-state index in [0.717, 1.165) is 18.4 Å². The van der Waals surface area contributed by atoms with Crippen LogP contribution in [0.1, 0.15) is 65.7 Å². The summed E-state index contributed by atoms with van der Waals surface area (Å²) in [6.07, 6.45) is 5.44. The van der Waals surface area contributed by atoms with Gasteiger partial charge in [-0.05, 0) is 55.9 Å². The normalized spacial score (nSPS) is 36.8. The minimum atomic E-state index is -2.40. The van der Waals surface area contributed by atoms with Crippen molar-refractivity contribution in [2.24, 2.45) is 23.7 Å². The zero-order valence-corrected chi connectivity index (χ0v) is 13.3. The van der Waals surface area contributed by atoms with Crippen LogP contribution >= 0.6 is 0 Å². The van der Waals surface area contributed by atoms with Gasteiger partial charge in [-0.15, -0.1) is 0 Å². The number of hydrogen-bond acceptors (Lipinski definition) is 1. The average molecular weight is 287 g/mol. The molecular weight excluding hydrogens is 256 g/mol. The molecule has 4 unspecified atom stereocenters. The van der Waals surface area contributed by atoms with E-state index in [2.05, 4.69) is 26.1 Å². The van der Waals surface area contributed by atoms with Crippen molar-refractivity contribution in [2.75, 3.05) is 6.54 Å².